The summed E-state index contributed by atoms with van der Waals surface area (Å²) in [7, 11) is -3.16. The van der Waals surface area contributed by atoms with E-state index in [2.05, 4.69) is 5.32 Å². The van der Waals surface area contributed by atoms with Crippen molar-refractivity contribution in [2.75, 3.05) is 30.0 Å². The standard InChI is InChI=1S/C14H19FN2O4S/c1-22(20,21)7-5-12(16-14(18)19)9-17-6-4-10-8-11(15)2-3-13(10)17/h2-3,8,12,16H,4-7,9H2,1H3,(H,18,19). The highest BCUT2D eigenvalue weighted by molar-refractivity contribution is 7.90. The molecule has 0 bridgehead atoms. The molecule has 22 heavy (non-hydrogen) atoms. The van der Waals surface area contributed by atoms with Gasteiger partial charge in [0.1, 0.15) is 15.7 Å². The van der Waals surface area contributed by atoms with E-state index in [-0.39, 0.29) is 18.0 Å². The monoisotopic (exact) mass is 330 g/mol. The third kappa shape index (κ3) is 4.59. The Labute approximate surface area is 128 Å². The minimum atomic E-state index is -3.16. The summed E-state index contributed by atoms with van der Waals surface area (Å²) in [6, 6.07) is 4.02. The lowest BCUT2D eigenvalue weighted by Gasteiger charge is -2.26. The first-order valence-corrected chi connectivity index (χ1v) is 9.01. The summed E-state index contributed by atoms with van der Waals surface area (Å²) in [6.45, 7) is 1.02. The zero-order valence-corrected chi connectivity index (χ0v) is 13.1. The zero-order chi connectivity index (χ0) is 16.3. The van der Waals surface area contributed by atoms with Gasteiger partial charge in [-0.3, -0.25) is 0 Å². The molecule has 0 aromatic heterocycles. The normalized spacial score (nSPS) is 15.5. The van der Waals surface area contributed by atoms with Gasteiger partial charge < -0.3 is 15.3 Å². The van der Waals surface area contributed by atoms with Gasteiger partial charge in [-0.1, -0.05) is 0 Å². The minimum Gasteiger partial charge on any atom is -0.465 e. The zero-order valence-electron chi connectivity index (χ0n) is 12.3. The second-order valence-electron chi connectivity index (χ2n) is 5.53. The molecule has 8 heteroatoms. The van der Waals surface area contributed by atoms with Crippen molar-refractivity contribution in [1.29, 1.82) is 0 Å². The largest absolute Gasteiger partial charge is 0.465 e. The van der Waals surface area contributed by atoms with Gasteiger partial charge in [0.05, 0.1) is 11.8 Å². The van der Waals surface area contributed by atoms with Gasteiger partial charge in [-0.05, 0) is 36.6 Å². The fourth-order valence-corrected chi connectivity index (χ4v) is 3.35. The Bertz CT molecular complexity index is 663. The Morgan fingerprint density at radius 3 is 2.86 bits per heavy atom. The molecule has 122 valence electrons. The second-order valence-corrected chi connectivity index (χ2v) is 7.79. The summed E-state index contributed by atoms with van der Waals surface area (Å²) in [5.41, 5.74) is 1.76. The van der Waals surface area contributed by atoms with Crippen LogP contribution in [-0.2, 0) is 16.3 Å². The summed E-state index contributed by atoms with van der Waals surface area (Å²) in [4.78, 5) is 12.8. The molecule has 1 aliphatic heterocycles. The average molecular weight is 330 g/mol. The number of halogens is 1. The van der Waals surface area contributed by atoms with Gasteiger partial charge in [-0.15, -0.1) is 0 Å². The van der Waals surface area contributed by atoms with Crippen LogP contribution < -0.4 is 10.2 Å². The van der Waals surface area contributed by atoms with E-state index in [4.69, 9.17) is 5.11 Å². The summed E-state index contributed by atoms with van der Waals surface area (Å²) in [5, 5.41) is 11.2. The van der Waals surface area contributed by atoms with Crippen LogP contribution in [-0.4, -0.2) is 50.8 Å². The summed E-state index contributed by atoms with van der Waals surface area (Å²) < 4.78 is 35.7. The number of rotatable bonds is 6. The van der Waals surface area contributed by atoms with E-state index in [1.807, 2.05) is 4.90 Å². The highest BCUT2D eigenvalue weighted by Gasteiger charge is 2.24. The number of anilines is 1. The van der Waals surface area contributed by atoms with E-state index >= 15 is 0 Å². The van der Waals surface area contributed by atoms with Crippen molar-refractivity contribution in [3.05, 3.63) is 29.6 Å². The van der Waals surface area contributed by atoms with Gasteiger partial charge in [0.15, 0.2) is 0 Å². The number of nitrogens with zero attached hydrogens (tertiary/aromatic N) is 1. The predicted molar refractivity (Wildman–Crippen MR) is 81.6 cm³/mol. The average Bonchev–Trinajstić information content (AvgIpc) is 2.77. The number of fused-ring (bicyclic) bond motifs is 1. The van der Waals surface area contributed by atoms with Crippen molar-refractivity contribution in [2.24, 2.45) is 0 Å². The highest BCUT2D eigenvalue weighted by atomic mass is 32.2. The first-order chi connectivity index (χ1) is 10.2. The molecule has 1 heterocycles. The van der Waals surface area contributed by atoms with Gasteiger partial charge in [-0.25, -0.2) is 17.6 Å². The molecule has 0 spiro atoms. The van der Waals surface area contributed by atoms with Crippen LogP contribution in [0.5, 0.6) is 0 Å². The lowest BCUT2D eigenvalue weighted by atomic mass is 10.1. The number of sulfone groups is 1. The highest BCUT2D eigenvalue weighted by Crippen LogP contribution is 2.28. The van der Waals surface area contributed by atoms with E-state index in [1.165, 1.54) is 12.1 Å². The van der Waals surface area contributed by atoms with Crippen molar-refractivity contribution in [3.8, 4) is 0 Å². The van der Waals surface area contributed by atoms with Crippen molar-refractivity contribution >= 4 is 21.6 Å². The lowest BCUT2D eigenvalue weighted by molar-refractivity contribution is 0.189. The topological polar surface area (TPSA) is 86.7 Å². The molecule has 0 fully saturated rings. The number of amides is 1. The Morgan fingerprint density at radius 2 is 2.23 bits per heavy atom. The second kappa shape index (κ2) is 6.51. The van der Waals surface area contributed by atoms with E-state index < -0.39 is 22.0 Å². The maximum absolute atomic E-state index is 13.2. The molecule has 0 saturated carbocycles. The van der Waals surface area contributed by atoms with Crippen LogP contribution in [0.15, 0.2) is 18.2 Å². The van der Waals surface area contributed by atoms with Gasteiger partial charge >= 0.3 is 6.09 Å². The smallest absolute Gasteiger partial charge is 0.404 e. The van der Waals surface area contributed by atoms with E-state index in [1.54, 1.807) is 6.07 Å². The molecule has 0 saturated heterocycles. The van der Waals surface area contributed by atoms with Crippen LogP contribution in [0.1, 0.15) is 12.0 Å². The summed E-state index contributed by atoms with van der Waals surface area (Å²) in [5.74, 6) is -0.375. The van der Waals surface area contributed by atoms with Crippen molar-refractivity contribution < 1.29 is 22.7 Å². The van der Waals surface area contributed by atoms with Crippen molar-refractivity contribution in [1.82, 2.24) is 5.32 Å². The molecule has 1 aliphatic rings. The maximum Gasteiger partial charge on any atom is 0.404 e. The molecule has 1 unspecified atom stereocenters. The Morgan fingerprint density at radius 1 is 1.50 bits per heavy atom. The van der Waals surface area contributed by atoms with E-state index in [9.17, 15) is 17.6 Å². The number of carboxylic acid groups (broad SMARTS) is 1. The fourth-order valence-electron chi connectivity index (χ4n) is 2.63. The molecule has 6 nitrogen and oxygen atoms in total. The van der Waals surface area contributed by atoms with Crippen molar-refractivity contribution in [2.45, 2.75) is 18.9 Å². The number of carbonyl (C=O) groups is 1. The number of hydrogen-bond acceptors (Lipinski definition) is 4. The molecule has 2 rings (SSSR count). The number of hydrogen-bond donors (Lipinski definition) is 2. The molecule has 0 radical (unpaired) electrons. The molecule has 1 aromatic rings. The fraction of sp³-hybridized carbons (Fsp3) is 0.500. The predicted octanol–water partition coefficient (Wildman–Crippen LogP) is 1.26. The van der Waals surface area contributed by atoms with E-state index in [0.717, 1.165) is 17.5 Å². The first-order valence-electron chi connectivity index (χ1n) is 6.95. The molecule has 1 aromatic carbocycles. The van der Waals surface area contributed by atoms with Crippen LogP contribution >= 0.6 is 0 Å². The maximum atomic E-state index is 13.2. The van der Waals surface area contributed by atoms with Crippen LogP contribution in [0.2, 0.25) is 0 Å². The molecule has 0 aliphatic carbocycles. The molecular weight excluding hydrogens is 311 g/mol. The molecule has 2 N–H and O–H groups in total. The SMILES string of the molecule is CS(=O)(=O)CCC(CN1CCc2cc(F)ccc21)NC(=O)O. The minimum absolute atomic E-state index is 0.0813. The summed E-state index contributed by atoms with van der Waals surface area (Å²) >= 11 is 0. The Balaban J connectivity index is 2.06. The van der Waals surface area contributed by atoms with Crippen molar-refractivity contribution in [3.63, 3.8) is 0 Å². The van der Waals surface area contributed by atoms with Gasteiger partial charge in [0.2, 0.25) is 0 Å². The molecule has 1 atom stereocenters. The summed E-state index contributed by atoms with van der Waals surface area (Å²) in [6.07, 6.45) is 0.840. The van der Waals surface area contributed by atoms with Gasteiger partial charge in [-0.2, -0.15) is 0 Å². The van der Waals surface area contributed by atoms with Gasteiger partial charge in [0.25, 0.3) is 0 Å². The lowest BCUT2D eigenvalue weighted by Crippen LogP contribution is -2.43. The Kier molecular flexibility index (Phi) is 4.90. The van der Waals surface area contributed by atoms with Crippen LogP contribution in [0.25, 0.3) is 0 Å². The van der Waals surface area contributed by atoms with Crippen LogP contribution in [0.4, 0.5) is 14.9 Å². The third-order valence-corrected chi connectivity index (χ3v) is 4.62. The Hall–Kier alpha value is -1.83. The molecular formula is C14H19FN2O4S. The number of benzene rings is 1. The molecule has 1 amide bonds. The first kappa shape index (κ1) is 16.5. The number of nitrogens with one attached hydrogen (secondary N) is 1. The van der Waals surface area contributed by atoms with Crippen LogP contribution in [0.3, 0.4) is 0 Å². The van der Waals surface area contributed by atoms with Crippen LogP contribution in [0, 0.1) is 5.82 Å². The quantitative estimate of drug-likeness (QED) is 0.820. The third-order valence-electron chi connectivity index (χ3n) is 3.64. The van der Waals surface area contributed by atoms with E-state index in [0.29, 0.717) is 19.5 Å². The van der Waals surface area contributed by atoms with Gasteiger partial charge in [0, 0.05) is 25.0 Å².